The van der Waals surface area contributed by atoms with E-state index in [1.165, 1.54) is 18.0 Å². The largest absolute Gasteiger partial charge is 0.466 e. The zero-order valence-corrected chi connectivity index (χ0v) is 18.9. The van der Waals surface area contributed by atoms with E-state index in [4.69, 9.17) is 26.1 Å². The lowest BCUT2D eigenvalue weighted by Gasteiger charge is -2.40. The van der Waals surface area contributed by atoms with E-state index in [2.05, 4.69) is 54.7 Å². The number of ether oxygens (including phenoxy) is 2. The molecule has 3 atom stereocenters. The van der Waals surface area contributed by atoms with Crippen molar-refractivity contribution in [3.8, 4) is 12.3 Å². The number of imidazole rings is 1. The number of terminal acetylenes is 1. The maximum Gasteiger partial charge on any atom is 0.353 e. The molecule has 0 unspecified atom stereocenters. The van der Waals surface area contributed by atoms with Crippen molar-refractivity contribution in [3.05, 3.63) is 12.4 Å². The summed E-state index contributed by atoms with van der Waals surface area (Å²) >= 11 is 0. The second kappa shape index (κ2) is 7.30. The number of nitrogens with two attached hydrogens (primary N) is 1. The van der Waals surface area contributed by atoms with Gasteiger partial charge in [0.05, 0.1) is 13.4 Å². The van der Waals surface area contributed by atoms with Crippen LogP contribution < -0.4 is 5.73 Å². The first-order valence-corrected chi connectivity index (χ1v) is 12.3. The van der Waals surface area contributed by atoms with Crippen LogP contribution in [0.2, 0.25) is 18.1 Å². The maximum atomic E-state index is 13.8. The first kappa shape index (κ1) is 22.1. The van der Waals surface area contributed by atoms with Crippen molar-refractivity contribution in [3.63, 3.8) is 0 Å². The Morgan fingerprint density at radius 1 is 1.47 bits per heavy atom. The maximum absolute atomic E-state index is 13.8. The van der Waals surface area contributed by atoms with Gasteiger partial charge < -0.3 is 19.6 Å². The van der Waals surface area contributed by atoms with Crippen LogP contribution in [0.4, 0.5) is 10.2 Å². The van der Waals surface area contributed by atoms with Crippen molar-refractivity contribution >= 4 is 31.3 Å². The minimum absolute atomic E-state index is 0.0977. The van der Waals surface area contributed by atoms with Gasteiger partial charge in [0, 0.05) is 6.42 Å². The smallest absolute Gasteiger partial charge is 0.353 e. The van der Waals surface area contributed by atoms with Crippen molar-refractivity contribution in [2.24, 2.45) is 0 Å². The highest BCUT2D eigenvalue weighted by Crippen LogP contribution is 2.45. The molecule has 2 aromatic heterocycles. The van der Waals surface area contributed by atoms with Gasteiger partial charge in [0.2, 0.25) is 0 Å². The third-order valence-corrected chi connectivity index (χ3v) is 10.4. The Hall–Kier alpha value is -2.55. The molecule has 162 valence electrons. The van der Waals surface area contributed by atoms with Gasteiger partial charge in [-0.2, -0.15) is 14.4 Å². The molecule has 0 spiro atoms. The number of esters is 1. The summed E-state index contributed by atoms with van der Waals surface area (Å²) < 4.78 is 32.7. The molecular weight excluding hydrogens is 409 g/mol. The van der Waals surface area contributed by atoms with E-state index in [9.17, 15) is 9.18 Å². The van der Waals surface area contributed by atoms with Crippen LogP contribution in [0.15, 0.2) is 6.33 Å². The van der Waals surface area contributed by atoms with Gasteiger partial charge in [-0.25, -0.2) is 9.78 Å². The lowest BCUT2D eigenvalue weighted by Crippen LogP contribution is -2.54. The number of carbonyl (C=O) groups is 1. The van der Waals surface area contributed by atoms with E-state index in [0.717, 1.165) is 0 Å². The van der Waals surface area contributed by atoms with Gasteiger partial charge in [-0.1, -0.05) is 26.7 Å². The predicted octanol–water partition coefficient (Wildman–Crippen LogP) is 2.40. The van der Waals surface area contributed by atoms with Crippen LogP contribution in [-0.2, 0) is 18.7 Å². The summed E-state index contributed by atoms with van der Waals surface area (Å²) in [6.07, 6.45) is 4.81. The Morgan fingerprint density at radius 3 is 2.70 bits per heavy atom. The number of nitrogen functional groups attached to an aromatic ring is 1. The van der Waals surface area contributed by atoms with E-state index < -0.39 is 38.3 Å². The van der Waals surface area contributed by atoms with Gasteiger partial charge >= 0.3 is 12.0 Å². The number of hydrogen-bond donors (Lipinski definition) is 1. The summed E-state index contributed by atoms with van der Waals surface area (Å²) in [5.41, 5.74) is 4.34. The van der Waals surface area contributed by atoms with E-state index in [-0.39, 0.29) is 28.4 Å². The molecule has 0 saturated carbocycles. The molecule has 11 heteroatoms. The normalized spacial score (nSPS) is 24.7. The predicted molar refractivity (Wildman–Crippen MR) is 110 cm³/mol. The fraction of sp³-hybridized carbons (Fsp3) is 0.579. The fourth-order valence-corrected chi connectivity index (χ4v) is 4.49. The molecule has 2 aromatic rings. The SMILES string of the molecule is C#C[C@]1(C(=O)OC)O[C@@H](n2cnc3c(N)nc(F)nc32)C[C@@H]1O[Si](C)(C)C(C)(C)C. The number of carbonyl (C=O) groups excluding carboxylic acids is 1. The quantitative estimate of drug-likeness (QED) is 0.337. The van der Waals surface area contributed by atoms with Crippen LogP contribution >= 0.6 is 0 Å². The average molecular weight is 436 g/mol. The number of rotatable bonds is 4. The summed E-state index contributed by atoms with van der Waals surface area (Å²) in [4.78, 5) is 24.1. The van der Waals surface area contributed by atoms with Gasteiger partial charge in [0.1, 0.15) is 12.3 Å². The van der Waals surface area contributed by atoms with Crippen LogP contribution in [0, 0.1) is 18.4 Å². The molecule has 0 aromatic carbocycles. The highest BCUT2D eigenvalue weighted by Gasteiger charge is 2.58. The minimum Gasteiger partial charge on any atom is -0.466 e. The molecule has 1 aliphatic heterocycles. The molecule has 0 radical (unpaired) electrons. The van der Waals surface area contributed by atoms with Crippen LogP contribution in [0.25, 0.3) is 11.2 Å². The molecule has 1 saturated heterocycles. The van der Waals surface area contributed by atoms with Gasteiger partial charge in [-0.15, -0.1) is 6.42 Å². The molecule has 1 fully saturated rings. The minimum atomic E-state index is -2.33. The van der Waals surface area contributed by atoms with Gasteiger partial charge in [-0.3, -0.25) is 4.57 Å². The number of fused-ring (bicyclic) bond motifs is 1. The highest BCUT2D eigenvalue weighted by atomic mass is 28.4. The monoisotopic (exact) mass is 435 g/mol. The van der Waals surface area contributed by atoms with Crippen LogP contribution in [0.5, 0.6) is 0 Å². The molecule has 30 heavy (non-hydrogen) atoms. The summed E-state index contributed by atoms with van der Waals surface area (Å²) in [6.45, 7) is 10.3. The third kappa shape index (κ3) is 3.44. The van der Waals surface area contributed by atoms with E-state index >= 15 is 0 Å². The number of nitrogens with zero attached hydrogens (tertiary/aromatic N) is 4. The number of halogens is 1. The Morgan fingerprint density at radius 2 is 2.13 bits per heavy atom. The van der Waals surface area contributed by atoms with E-state index in [1.807, 2.05) is 0 Å². The van der Waals surface area contributed by atoms with Crippen LogP contribution in [0.3, 0.4) is 0 Å². The van der Waals surface area contributed by atoms with Gasteiger partial charge in [0.25, 0.3) is 5.60 Å². The molecule has 3 rings (SSSR count). The number of aromatic nitrogens is 4. The number of methoxy groups -OCH3 is 1. The topological polar surface area (TPSA) is 114 Å². The second-order valence-corrected chi connectivity index (χ2v) is 13.5. The Kier molecular flexibility index (Phi) is 5.38. The van der Waals surface area contributed by atoms with Crippen molar-refractivity contribution in [2.45, 2.75) is 63.3 Å². The summed E-state index contributed by atoms with van der Waals surface area (Å²) in [7, 11) is -1.10. The lowest BCUT2D eigenvalue weighted by atomic mass is 9.98. The van der Waals surface area contributed by atoms with Gasteiger partial charge in [0.15, 0.2) is 25.3 Å². The molecule has 9 nitrogen and oxygen atoms in total. The molecule has 2 N–H and O–H groups in total. The standard InChI is InChI=1S/C19H26FN5O4Si/c1-8-19(16(26)27-5)11(29-30(6,7)18(2,3)4)9-12(28-19)25-10-22-13-14(21)23-17(20)24-15(13)25/h1,10-12H,9H2,2-7H3,(H2,21,23,24)/t11-,12+,19-/m0/s1. The van der Waals surface area contributed by atoms with E-state index in [0.29, 0.717) is 0 Å². The zero-order valence-electron chi connectivity index (χ0n) is 17.9. The van der Waals surface area contributed by atoms with Crippen molar-refractivity contribution < 1.29 is 23.1 Å². The lowest BCUT2D eigenvalue weighted by molar-refractivity contribution is -0.168. The Bertz CT molecular complexity index is 1030. The average Bonchev–Trinajstić information content (AvgIpc) is 3.21. The number of hydrogen-bond acceptors (Lipinski definition) is 8. The summed E-state index contributed by atoms with van der Waals surface area (Å²) in [5, 5.41) is -0.131. The first-order valence-electron chi connectivity index (χ1n) is 9.43. The van der Waals surface area contributed by atoms with Crippen molar-refractivity contribution in [2.75, 3.05) is 12.8 Å². The molecule has 0 amide bonds. The van der Waals surface area contributed by atoms with Crippen LogP contribution in [0.1, 0.15) is 33.4 Å². The van der Waals surface area contributed by atoms with Crippen molar-refractivity contribution in [1.82, 2.24) is 19.5 Å². The molecular formula is C19H26FN5O4Si. The first-order chi connectivity index (χ1) is 13.9. The van der Waals surface area contributed by atoms with Gasteiger partial charge in [-0.05, 0) is 18.1 Å². The van der Waals surface area contributed by atoms with Crippen molar-refractivity contribution in [1.29, 1.82) is 0 Å². The Labute approximate surface area is 175 Å². The summed E-state index contributed by atoms with van der Waals surface area (Å²) in [6, 6.07) is 0. The molecule has 1 aliphatic rings. The van der Waals surface area contributed by atoms with Crippen LogP contribution in [-0.4, -0.2) is 52.6 Å². The third-order valence-electron chi connectivity index (χ3n) is 5.87. The molecule has 0 bridgehead atoms. The van der Waals surface area contributed by atoms with E-state index in [1.54, 1.807) is 0 Å². The second-order valence-electron chi connectivity index (χ2n) is 8.75. The molecule has 3 heterocycles. The highest BCUT2D eigenvalue weighted by molar-refractivity contribution is 6.74. The molecule has 0 aliphatic carbocycles. The zero-order chi connectivity index (χ0) is 22.5. The summed E-state index contributed by atoms with van der Waals surface area (Å²) in [5.74, 6) is 1.62. The number of anilines is 1. The fourth-order valence-electron chi connectivity index (χ4n) is 3.16. The Balaban J connectivity index is 2.07.